The second-order valence-electron chi connectivity index (χ2n) is 6.21. The van der Waals surface area contributed by atoms with E-state index in [9.17, 15) is 4.79 Å². The first-order valence-electron chi connectivity index (χ1n) is 8.33. The van der Waals surface area contributed by atoms with Gasteiger partial charge in [0.05, 0.1) is 37.3 Å². The number of carbonyl (C=O) groups is 1. The number of pyridine rings is 1. The molecular weight excluding hydrogens is 320 g/mol. The average molecular weight is 344 g/mol. The van der Waals surface area contributed by atoms with Crippen molar-refractivity contribution >= 4 is 17.5 Å². The number of anilines is 2. The molecule has 2 aromatic heterocycles. The molecule has 0 unspecified atom stereocenters. The Hall–Kier alpha value is -2.61. The molecule has 134 valence electrons. The first-order valence-corrected chi connectivity index (χ1v) is 8.33. The predicted octanol–water partition coefficient (Wildman–Crippen LogP) is 1.62. The Kier molecular flexibility index (Phi) is 5.18. The molecule has 25 heavy (non-hydrogen) atoms. The van der Waals surface area contributed by atoms with Crippen molar-refractivity contribution in [3.05, 3.63) is 35.8 Å². The minimum Gasteiger partial charge on any atom is -0.378 e. The summed E-state index contributed by atoms with van der Waals surface area (Å²) in [5.74, 6) is 0.919. The van der Waals surface area contributed by atoms with Gasteiger partial charge >= 0.3 is 6.03 Å². The van der Waals surface area contributed by atoms with Crippen LogP contribution in [0.15, 0.2) is 24.5 Å². The van der Waals surface area contributed by atoms with E-state index in [2.05, 4.69) is 20.3 Å². The maximum absolute atomic E-state index is 12.4. The molecule has 1 N–H and O–H groups in total. The Bertz CT molecular complexity index is 738. The lowest BCUT2D eigenvalue weighted by molar-refractivity contribution is 0.122. The van der Waals surface area contributed by atoms with Crippen molar-refractivity contribution in [1.82, 2.24) is 19.7 Å². The van der Waals surface area contributed by atoms with Gasteiger partial charge in [-0.15, -0.1) is 0 Å². The Labute approximate surface area is 147 Å². The average Bonchev–Trinajstić information content (AvgIpc) is 3.02. The van der Waals surface area contributed by atoms with Crippen LogP contribution in [-0.2, 0) is 18.3 Å². The van der Waals surface area contributed by atoms with Crippen LogP contribution < -0.4 is 10.2 Å². The van der Waals surface area contributed by atoms with E-state index in [1.54, 1.807) is 22.8 Å². The van der Waals surface area contributed by atoms with Crippen LogP contribution >= 0.6 is 0 Å². The number of hydrogen-bond acceptors (Lipinski definition) is 5. The zero-order valence-electron chi connectivity index (χ0n) is 14.9. The number of aryl methyl sites for hydroxylation is 2. The number of morpholine rings is 1. The summed E-state index contributed by atoms with van der Waals surface area (Å²) in [6.07, 6.45) is 3.65. The highest BCUT2D eigenvalue weighted by Crippen LogP contribution is 2.20. The van der Waals surface area contributed by atoms with Gasteiger partial charge in [0.25, 0.3) is 0 Å². The van der Waals surface area contributed by atoms with Crippen LogP contribution in [0.4, 0.5) is 16.3 Å². The first-order chi connectivity index (χ1) is 12.0. The summed E-state index contributed by atoms with van der Waals surface area (Å²) < 4.78 is 7.09. The van der Waals surface area contributed by atoms with E-state index < -0.39 is 0 Å². The van der Waals surface area contributed by atoms with Crippen LogP contribution in [0.25, 0.3) is 0 Å². The van der Waals surface area contributed by atoms with E-state index in [0.717, 1.165) is 49.1 Å². The topological polar surface area (TPSA) is 75.5 Å². The molecule has 8 heteroatoms. The third-order valence-electron chi connectivity index (χ3n) is 4.17. The van der Waals surface area contributed by atoms with Gasteiger partial charge in [0.2, 0.25) is 0 Å². The smallest absolute Gasteiger partial charge is 0.321 e. The number of urea groups is 1. The minimum atomic E-state index is -0.173. The summed E-state index contributed by atoms with van der Waals surface area (Å²) >= 11 is 0. The van der Waals surface area contributed by atoms with Crippen LogP contribution in [0.5, 0.6) is 0 Å². The maximum atomic E-state index is 12.4. The predicted molar refractivity (Wildman–Crippen MR) is 95.7 cm³/mol. The molecule has 2 amide bonds. The van der Waals surface area contributed by atoms with Gasteiger partial charge in [0, 0.05) is 38.9 Å². The van der Waals surface area contributed by atoms with E-state index in [1.165, 1.54) is 0 Å². The molecule has 8 nitrogen and oxygen atoms in total. The zero-order chi connectivity index (χ0) is 17.8. The molecule has 1 fully saturated rings. The summed E-state index contributed by atoms with van der Waals surface area (Å²) in [4.78, 5) is 20.8. The molecule has 3 heterocycles. The first kappa shape index (κ1) is 17.2. The fourth-order valence-electron chi connectivity index (χ4n) is 2.76. The van der Waals surface area contributed by atoms with Crippen LogP contribution in [0.3, 0.4) is 0 Å². The third kappa shape index (κ3) is 4.27. The molecular formula is C17H24N6O2. The highest BCUT2D eigenvalue weighted by Gasteiger charge is 2.15. The van der Waals surface area contributed by atoms with Gasteiger partial charge in [0.1, 0.15) is 5.82 Å². The fourth-order valence-corrected chi connectivity index (χ4v) is 2.76. The van der Waals surface area contributed by atoms with Crippen molar-refractivity contribution in [2.45, 2.75) is 13.5 Å². The molecule has 1 aliphatic rings. The van der Waals surface area contributed by atoms with Gasteiger partial charge in [0.15, 0.2) is 0 Å². The van der Waals surface area contributed by atoms with Crippen molar-refractivity contribution < 1.29 is 9.53 Å². The van der Waals surface area contributed by atoms with Crippen molar-refractivity contribution in [2.75, 3.05) is 43.6 Å². The van der Waals surface area contributed by atoms with Crippen molar-refractivity contribution in [2.24, 2.45) is 7.05 Å². The normalized spacial score (nSPS) is 14.4. The van der Waals surface area contributed by atoms with E-state index in [4.69, 9.17) is 4.74 Å². The number of hydrogen-bond donors (Lipinski definition) is 1. The highest BCUT2D eigenvalue weighted by molar-refractivity contribution is 5.89. The van der Waals surface area contributed by atoms with E-state index in [1.807, 2.05) is 32.3 Å². The van der Waals surface area contributed by atoms with Crippen molar-refractivity contribution in [1.29, 1.82) is 0 Å². The lowest BCUT2D eigenvalue weighted by Crippen LogP contribution is -2.37. The number of carbonyl (C=O) groups excluding carboxylic acids is 1. The van der Waals surface area contributed by atoms with Crippen molar-refractivity contribution in [3.8, 4) is 0 Å². The van der Waals surface area contributed by atoms with E-state index in [0.29, 0.717) is 6.54 Å². The minimum absolute atomic E-state index is 0.173. The fraction of sp³-hybridized carbons (Fsp3) is 0.471. The van der Waals surface area contributed by atoms with Crippen LogP contribution in [0, 0.1) is 6.92 Å². The van der Waals surface area contributed by atoms with Crippen LogP contribution in [-0.4, -0.2) is 59.0 Å². The molecule has 1 aliphatic heterocycles. The Morgan fingerprint density at radius 3 is 2.76 bits per heavy atom. The number of nitrogens with zero attached hydrogens (tertiary/aromatic N) is 5. The van der Waals surface area contributed by atoms with Gasteiger partial charge in [-0.1, -0.05) is 0 Å². The zero-order valence-corrected chi connectivity index (χ0v) is 14.9. The highest BCUT2D eigenvalue weighted by atomic mass is 16.5. The van der Waals surface area contributed by atoms with Gasteiger partial charge < -0.3 is 19.9 Å². The van der Waals surface area contributed by atoms with Gasteiger partial charge in [-0.3, -0.25) is 4.68 Å². The molecule has 0 aromatic carbocycles. The molecule has 0 atom stereocenters. The lowest BCUT2D eigenvalue weighted by atomic mass is 10.3. The monoisotopic (exact) mass is 344 g/mol. The third-order valence-corrected chi connectivity index (χ3v) is 4.17. The van der Waals surface area contributed by atoms with E-state index >= 15 is 0 Å². The van der Waals surface area contributed by atoms with Crippen molar-refractivity contribution in [3.63, 3.8) is 0 Å². The Balaban J connectivity index is 1.62. The summed E-state index contributed by atoms with van der Waals surface area (Å²) in [5.41, 5.74) is 2.50. The largest absolute Gasteiger partial charge is 0.378 e. The Morgan fingerprint density at radius 1 is 1.36 bits per heavy atom. The standard InChI is InChI=1S/C17H24N6O2/c1-13-15(4-5-16(19-13)23-6-8-25-9-7-23)20-17(24)21(2)11-14-10-18-22(3)12-14/h4-5,10,12H,6-9,11H2,1-3H3,(H,20,24). The molecule has 2 aromatic rings. The summed E-state index contributed by atoms with van der Waals surface area (Å²) in [6.45, 7) is 5.52. The Morgan fingerprint density at radius 2 is 2.12 bits per heavy atom. The molecule has 0 bridgehead atoms. The molecule has 0 radical (unpaired) electrons. The summed E-state index contributed by atoms with van der Waals surface area (Å²) in [6, 6.07) is 3.67. The van der Waals surface area contributed by atoms with Crippen LogP contribution in [0.2, 0.25) is 0 Å². The second kappa shape index (κ2) is 7.52. The molecule has 1 saturated heterocycles. The number of ether oxygens (including phenoxy) is 1. The number of aromatic nitrogens is 3. The molecule has 0 saturated carbocycles. The number of nitrogens with one attached hydrogen (secondary N) is 1. The summed E-state index contributed by atoms with van der Waals surface area (Å²) in [5, 5.41) is 7.04. The molecule has 0 aliphatic carbocycles. The second-order valence-corrected chi connectivity index (χ2v) is 6.21. The SMILES string of the molecule is Cc1nc(N2CCOCC2)ccc1NC(=O)N(C)Cc1cnn(C)c1. The molecule has 3 rings (SSSR count). The quantitative estimate of drug-likeness (QED) is 0.912. The maximum Gasteiger partial charge on any atom is 0.321 e. The van der Waals surface area contributed by atoms with E-state index in [-0.39, 0.29) is 6.03 Å². The van der Waals surface area contributed by atoms with Gasteiger partial charge in [-0.2, -0.15) is 5.10 Å². The lowest BCUT2D eigenvalue weighted by Gasteiger charge is -2.28. The number of amides is 2. The van der Waals surface area contributed by atoms with Crippen LogP contribution in [0.1, 0.15) is 11.3 Å². The molecule has 0 spiro atoms. The summed E-state index contributed by atoms with van der Waals surface area (Å²) in [7, 11) is 3.61. The number of rotatable bonds is 4. The van der Waals surface area contributed by atoms with Gasteiger partial charge in [-0.25, -0.2) is 9.78 Å². The van der Waals surface area contributed by atoms with Gasteiger partial charge in [-0.05, 0) is 19.1 Å².